The molecular formula is C25H26ClN5O4. The monoisotopic (exact) mass is 495 g/mol. The Balaban J connectivity index is 1.63. The number of nitrogens with zero attached hydrogens (tertiary/aromatic N) is 4. The van der Waals surface area contributed by atoms with Crippen LogP contribution in [0.5, 0.6) is 0 Å². The Morgan fingerprint density at radius 2 is 1.83 bits per heavy atom. The van der Waals surface area contributed by atoms with E-state index in [1.165, 1.54) is 10.9 Å². The fourth-order valence-corrected chi connectivity index (χ4v) is 4.10. The number of aromatic nitrogens is 4. The third kappa shape index (κ3) is 5.70. The van der Waals surface area contributed by atoms with E-state index >= 15 is 0 Å². The quantitative estimate of drug-likeness (QED) is 0.363. The van der Waals surface area contributed by atoms with Gasteiger partial charge < -0.3 is 14.6 Å². The maximum Gasteiger partial charge on any atom is 0.333 e. The van der Waals surface area contributed by atoms with E-state index in [0.29, 0.717) is 31.1 Å². The van der Waals surface area contributed by atoms with Crippen molar-refractivity contribution in [3.05, 3.63) is 97.9 Å². The number of fused-ring (bicyclic) bond motifs is 1. The number of nitrogens with one attached hydrogen (secondary N) is 1. The van der Waals surface area contributed by atoms with Gasteiger partial charge in [0.2, 0.25) is 5.91 Å². The van der Waals surface area contributed by atoms with E-state index in [1.807, 2.05) is 48.5 Å². The van der Waals surface area contributed by atoms with Crippen molar-refractivity contribution >= 4 is 28.7 Å². The van der Waals surface area contributed by atoms with Crippen molar-refractivity contribution in [3.63, 3.8) is 0 Å². The maximum absolute atomic E-state index is 13.4. The van der Waals surface area contributed by atoms with Crippen LogP contribution in [0.15, 0.2) is 70.5 Å². The molecule has 10 heteroatoms. The van der Waals surface area contributed by atoms with Gasteiger partial charge in [0, 0.05) is 25.2 Å². The van der Waals surface area contributed by atoms with E-state index in [-0.39, 0.29) is 17.7 Å². The summed E-state index contributed by atoms with van der Waals surface area (Å²) in [5.74, 6) is -0.431. The molecule has 35 heavy (non-hydrogen) atoms. The fraction of sp³-hybridized carbons (Fsp3) is 0.280. The Bertz CT molecular complexity index is 1440. The van der Waals surface area contributed by atoms with E-state index in [0.717, 1.165) is 15.7 Å². The molecule has 4 aromatic rings. The van der Waals surface area contributed by atoms with Crippen LogP contribution in [-0.4, -0.2) is 44.9 Å². The normalized spacial score (nSPS) is 11.1. The average molecular weight is 496 g/mol. The zero-order valence-corrected chi connectivity index (χ0v) is 20.1. The predicted octanol–water partition coefficient (Wildman–Crippen LogP) is 2.07. The van der Waals surface area contributed by atoms with Crippen LogP contribution < -0.4 is 16.6 Å². The summed E-state index contributed by atoms with van der Waals surface area (Å²) in [6, 6.07) is 16.8. The molecule has 0 atom stereocenters. The molecule has 2 aromatic carbocycles. The molecule has 0 saturated heterocycles. The lowest BCUT2D eigenvalue weighted by molar-refractivity contribution is -0.121. The minimum Gasteiger partial charge on any atom is -0.383 e. The molecule has 2 heterocycles. The van der Waals surface area contributed by atoms with Gasteiger partial charge in [0.1, 0.15) is 6.54 Å². The highest BCUT2D eigenvalue weighted by atomic mass is 35.5. The second kappa shape index (κ2) is 11.2. The van der Waals surface area contributed by atoms with Crippen LogP contribution >= 0.6 is 11.6 Å². The van der Waals surface area contributed by atoms with E-state index < -0.39 is 23.7 Å². The van der Waals surface area contributed by atoms with Crippen molar-refractivity contribution < 1.29 is 9.53 Å². The molecule has 0 unspecified atom stereocenters. The lowest BCUT2D eigenvalue weighted by Gasteiger charge is -2.13. The molecule has 0 radical (unpaired) electrons. The van der Waals surface area contributed by atoms with Gasteiger partial charge in [-0.2, -0.15) is 0 Å². The summed E-state index contributed by atoms with van der Waals surface area (Å²) >= 11 is 6.01. The third-order valence-corrected chi connectivity index (χ3v) is 5.87. The second-order valence-corrected chi connectivity index (χ2v) is 8.51. The van der Waals surface area contributed by atoms with Crippen molar-refractivity contribution in [1.29, 1.82) is 0 Å². The van der Waals surface area contributed by atoms with E-state index in [4.69, 9.17) is 16.3 Å². The van der Waals surface area contributed by atoms with Crippen LogP contribution in [0.2, 0.25) is 5.02 Å². The van der Waals surface area contributed by atoms with E-state index in [9.17, 15) is 14.4 Å². The van der Waals surface area contributed by atoms with Crippen LogP contribution in [0.1, 0.15) is 11.1 Å². The number of ether oxygens (including phenoxy) is 1. The molecule has 0 spiro atoms. The van der Waals surface area contributed by atoms with Crippen molar-refractivity contribution in [2.75, 3.05) is 20.3 Å². The van der Waals surface area contributed by atoms with Gasteiger partial charge >= 0.3 is 5.69 Å². The summed E-state index contributed by atoms with van der Waals surface area (Å²) in [6.45, 7) is 0.923. The van der Waals surface area contributed by atoms with Crippen LogP contribution in [0.4, 0.5) is 0 Å². The Labute approximate surface area is 206 Å². The molecule has 4 rings (SSSR count). The highest BCUT2D eigenvalue weighted by molar-refractivity contribution is 6.30. The molecule has 1 amide bonds. The third-order valence-electron chi connectivity index (χ3n) is 5.63. The summed E-state index contributed by atoms with van der Waals surface area (Å²) in [5, 5.41) is 3.40. The zero-order valence-electron chi connectivity index (χ0n) is 19.3. The van der Waals surface area contributed by atoms with E-state index in [2.05, 4.69) is 10.3 Å². The molecule has 182 valence electrons. The minimum atomic E-state index is -0.590. The van der Waals surface area contributed by atoms with Crippen molar-refractivity contribution in [2.24, 2.45) is 0 Å². The Kier molecular flexibility index (Phi) is 7.79. The molecular weight excluding hydrogens is 470 g/mol. The predicted molar refractivity (Wildman–Crippen MR) is 134 cm³/mol. The summed E-state index contributed by atoms with van der Waals surface area (Å²) < 4.78 is 9.18. The largest absolute Gasteiger partial charge is 0.383 e. The number of hydrogen-bond donors (Lipinski definition) is 1. The molecule has 0 aliphatic heterocycles. The molecule has 0 bridgehead atoms. The standard InChI is InChI=1S/C25H26ClN5O4/c1-35-13-12-29-17-28-23-22(29)24(33)31(25(34)30(23)15-19-6-3-2-4-7-19)16-21(32)27-11-10-18-8-5-9-20(26)14-18/h2-9,14,17H,10-13,15-16H2,1H3,(H,27,32). The first-order valence-electron chi connectivity index (χ1n) is 11.2. The maximum atomic E-state index is 13.4. The number of amides is 1. The van der Waals surface area contributed by atoms with Crippen LogP contribution in [-0.2, 0) is 35.6 Å². The second-order valence-electron chi connectivity index (χ2n) is 8.08. The molecule has 0 aliphatic carbocycles. The molecule has 0 fully saturated rings. The smallest absolute Gasteiger partial charge is 0.333 e. The number of hydrogen-bond acceptors (Lipinski definition) is 5. The topological polar surface area (TPSA) is 100 Å². The number of rotatable bonds is 10. The highest BCUT2D eigenvalue weighted by Crippen LogP contribution is 2.11. The molecule has 0 saturated carbocycles. The minimum absolute atomic E-state index is 0.216. The lowest BCUT2D eigenvalue weighted by atomic mass is 10.1. The van der Waals surface area contributed by atoms with Crippen molar-refractivity contribution in [3.8, 4) is 0 Å². The molecule has 1 N–H and O–H groups in total. The van der Waals surface area contributed by atoms with Gasteiger partial charge in [0.25, 0.3) is 5.56 Å². The van der Waals surface area contributed by atoms with Crippen LogP contribution in [0.25, 0.3) is 11.2 Å². The fourth-order valence-electron chi connectivity index (χ4n) is 3.88. The van der Waals surface area contributed by atoms with E-state index in [1.54, 1.807) is 17.7 Å². The SMILES string of the molecule is COCCn1cnc2c1c(=O)n(CC(=O)NCCc1cccc(Cl)c1)c(=O)n2Cc1ccccc1. The Hall–Kier alpha value is -3.69. The summed E-state index contributed by atoms with van der Waals surface area (Å²) in [7, 11) is 1.57. The van der Waals surface area contributed by atoms with Crippen LogP contribution in [0.3, 0.4) is 0 Å². The number of halogens is 1. The van der Waals surface area contributed by atoms with Gasteiger partial charge in [-0.1, -0.05) is 54.1 Å². The number of imidazole rings is 1. The van der Waals surface area contributed by atoms with Gasteiger partial charge in [-0.05, 0) is 29.7 Å². The summed E-state index contributed by atoms with van der Waals surface area (Å²) in [5.41, 5.74) is 1.23. The molecule has 0 aliphatic rings. The Morgan fingerprint density at radius 3 is 2.57 bits per heavy atom. The van der Waals surface area contributed by atoms with Crippen molar-refractivity contribution in [2.45, 2.75) is 26.1 Å². The lowest BCUT2D eigenvalue weighted by Crippen LogP contribution is -2.44. The zero-order chi connectivity index (χ0) is 24.8. The molecule has 2 aromatic heterocycles. The summed E-state index contributed by atoms with van der Waals surface area (Å²) in [6.07, 6.45) is 2.09. The summed E-state index contributed by atoms with van der Waals surface area (Å²) in [4.78, 5) is 43.7. The van der Waals surface area contributed by atoms with Gasteiger partial charge in [0.15, 0.2) is 11.2 Å². The first kappa shape index (κ1) is 24.4. The van der Waals surface area contributed by atoms with Gasteiger partial charge in [-0.3, -0.25) is 14.2 Å². The first-order chi connectivity index (χ1) is 17.0. The highest BCUT2D eigenvalue weighted by Gasteiger charge is 2.20. The van der Waals surface area contributed by atoms with Gasteiger partial charge in [0.05, 0.1) is 19.5 Å². The van der Waals surface area contributed by atoms with Gasteiger partial charge in [-0.15, -0.1) is 0 Å². The number of benzene rings is 2. The van der Waals surface area contributed by atoms with Crippen LogP contribution in [0, 0.1) is 0 Å². The number of carbonyl (C=O) groups is 1. The first-order valence-corrected chi connectivity index (χ1v) is 11.6. The number of carbonyl (C=O) groups excluding carboxylic acids is 1. The van der Waals surface area contributed by atoms with Gasteiger partial charge in [-0.25, -0.2) is 14.3 Å². The average Bonchev–Trinajstić information content (AvgIpc) is 3.28. The molecule has 9 nitrogen and oxygen atoms in total. The number of methoxy groups -OCH3 is 1. The Morgan fingerprint density at radius 1 is 1.06 bits per heavy atom. The van der Waals surface area contributed by atoms with Crippen molar-refractivity contribution in [1.82, 2.24) is 24.0 Å².